The van der Waals surface area contributed by atoms with E-state index in [-0.39, 0.29) is 18.0 Å². The Bertz CT molecular complexity index is 460. The third-order valence-corrected chi connectivity index (χ3v) is 3.86. The zero-order valence-corrected chi connectivity index (χ0v) is 9.57. The van der Waals surface area contributed by atoms with E-state index in [1.165, 1.54) is 5.56 Å². The molecule has 3 nitrogen and oxygen atoms in total. The summed E-state index contributed by atoms with van der Waals surface area (Å²) in [5.41, 5.74) is 8.34. The first-order valence-corrected chi connectivity index (χ1v) is 5.88. The fourth-order valence-corrected chi connectivity index (χ4v) is 3.13. The summed E-state index contributed by atoms with van der Waals surface area (Å²) in [7, 11) is 0. The standard InChI is InChI=1S/C12H13ClN2O/c13-8-3-1-2-7-4-5-15-10(16)6-9(14)12(15)11(7)8/h1-3,9,12H,4-6,14H2. The maximum atomic E-state index is 11.7. The van der Waals surface area contributed by atoms with Crippen molar-refractivity contribution >= 4 is 17.5 Å². The average molecular weight is 237 g/mol. The van der Waals surface area contributed by atoms with Crippen molar-refractivity contribution in [2.75, 3.05) is 6.54 Å². The lowest BCUT2D eigenvalue weighted by atomic mass is 9.91. The molecule has 1 fully saturated rings. The van der Waals surface area contributed by atoms with E-state index in [9.17, 15) is 4.79 Å². The highest BCUT2D eigenvalue weighted by atomic mass is 35.5. The molecule has 16 heavy (non-hydrogen) atoms. The van der Waals surface area contributed by atoms with Crippen LogP contribution in [-0.4, -0.2) is 23.4 Å². The molecule has 2 heterocycles. The van der Waals surface area contributed by atoms with Gasteiger partial charge in [-0.2, -0.15) is 0 Å². The summed E-state index contributed by atoms with van der Waals surface area (Å²) in [6, 6.07) is 5.78. The molecule has 2 atom stereocenters. The summed E-state index contributed by atoms with van der Waals surface area (Å²) in [5.74, 6) is 0.156. The number of amides is 1. The second kappa shape index (κ2) is 3.47. The SMILES string of the molecule is NC1CC(=O)N2CCc3cccc(Cl)c3C12. The summed E-state index contributed by atoms with van der Waals surface area (Å²) >= 11 is 6.23. The van der Waals surface area contributed by atoms with Gasteiger partial charge in [0.25, 0.3) is 0 Å². The van der Waals surface area contributed by atoms with E-state index >= 15 is 0 Å². The molecule has 0 aromatic heterocycles. The van der Waals surface area contributed by atoms with Crippen molar-refractivity contribution in [3.05, 3.63) is 34.3 Å². The Balaban J connectivity index is 2.15. The molecule has 2 aliphatic heterocycles. The van der Waals surface area contributed by atoms with Gasteiger partial charge >= 0.3 is 0 Å². The second-order valence-electron chi connectivity index (χ2n) is 4.46. The van der Waals surface area contributed by atoms with Gasteiger partial charge in [-0.1, -0.05) is 23.7 Å². The van der Waals surface area contributed by atoms with Gasteiger partial charge in [-0.15, -0.1) is 0 Å². The van der Waals surface area contributed by atoms with Crippen molar-refractivity contribution in [3.8, 4) is 0 Å². The number of halogens is 1. The van der Waals surface area contributed by atoms with Gasteiger partial charge in [0.1, 0.15) is 0 Å². The highest BCUT2D eigenvalue weighted by Crippen LogP contribution is 2.40. The minimum absolute atomic E-state index is 0.00931. The normalized spacial score (nSPS) is 27.9. The molecule has 4 heteroatoms. The average Bonchev–Trinajstić information content (AvgIpc) is 2.55. The van der Waals surface area contributed by atoms with Gasteiger partial charge in [-0.05, 0) is 23.6 Å². The van der Waals surface area contributed by atoms with Crippen LogP contribution in [0.1, 0.15) is 23.6 Å². The van der Waals surface area contributed by atoms with Gasteiger partial charge in [0.05, 0.1) is 6.04 Å². The lowest BCUT2D eigenvalue weighted by Gasteiger charge is -2.34. The number of hydrogen-bond donors (Lipinski definition) is 1. The van der Waals surface area contributed by atoms with Crippen LogP contribution in [-0.2, 0) is 11.2 Å². The highest BCUT2D eigenvalue weighted by Gasteiger charge is 2.42. The molecule has 2 aliphatic rings. The van der Waals surface area contributed by atoms with Crippen LogP contribution in [0.25, 0.3) is 0 Å². The predicted molar refractivity (Wildman–Crippen MR) is 62.2 cm³/mol. The topological polar surface area (TPSA) is 46.3 Å². The third-order valence-electron chi connectivity index (χ3n) is 3.53. The first-order valence-electron chi connectivity index (χ1n) is 5.51. The van der Waals surface area contributed by atoms with E-state index in [0.717, 1.165) is 23.6 Å². The number of rotatable bonds is 0. The van der Waals surface area contributed by atoms with Gasteiger partial charge in [0.15, 0.2) is 0 Å². The molecule has 0 saturated carbocycles. The van der Waals surface area contributed by atoms with Crippen molar-refractivity contribution in [2.45, 2.75) is 24.9 Å². The first-order chi connectivity index (χ1) is 7.68. The monoisotopic (exact) mass is 236 g/mol. The van der Waals surface area contributed by atoms with Crippen LogP contribution < -0.4 is 5.73 Å². The van der Waals surface area contributed by atoms with E-state index in [0.29, 0.717) is 6.42 Å². The molecule has 2 unspecified atom stereocenters. The zero-order chi connectivity index (χ0) is 11.3. The molecule has 1 saturated heterocycles. The predicted octanol–water partition coefficient (Wildman–Crippen LogP) is 1.50. The van der Waals surface area contributed by atoms with Crippen LogP contribution >= 0.6 is 11.6 Å². The van der Waals surface area contributed by atoms with Crippen molar-refractivity contribution in [1.82, 2.24) is 4.90 Å². The number of carbonyl (C=O) groups is 1. The Labute approximate surface area is 99.2 Å². The van der Waals surface area contributed by atoms with E-state index in [1.54, 1.807) is 0 Å². The maximum absolute atomic E-state index is 11.7. The number of nitrogens with two attached hydrogens (primary N) is 1. The van der Waals surface area contributed by atoms with E-state index < -0.39 is 0 Å². The molecule has 1 amide bonds. The quantitative estimate of drug-likeness (QED) is 0.742. The van der Waals surface area contributed by atoms with Crippen molar-refractivity contribution in [1.29, 1.82) is 0 Å². The van der Waals surface area contributed by atoms with Crippen LogP contribution in [0, 0.1) is 0 Å². The minimum atomic E-state index is -0.119. The summed E-state index contributed by atoms with van der Waals surface area (Å²) < 4.78 is 0. The Morgan fingerprint density at radius 1 is 1.44 bits per heavy atom. The summed E-state index contributed by atoms with van der Waals surface area (Å²) in [6.45, 7) is 0.768. The lowest BCUT2D eigenvalue weighted by molar-refractivity contribution is -0.129. The number of benzene rings is 1. The molecule has 84 valence electrons. The van der Waals surface area contributed by atoms with Crippen molar-refractivity contribution in [2.24, 2.45) is 5.73 Å². The molecule has 0 aliphatic carbocycles. The van der Waals surface area contributed by atoms with Gasteiger partial charge in [-0.3, -0.25) is 4.79 Å². The van der Waals surface area contributed by atoms with Gasteiger partial charge in [0, 0.05) is 24.0 Å². The molecular weight excluding hydrogens is 224 g/mol. The number of fused-ring (bicyclic) bond motifs is 3. The maximum Gasteiger partial charge on any atom is 0.224 e. The Morgan fingerprint density at radius 3 is 3.06 bits per heavy atom. The molecule has 2 N–H and O–H groups in total. The van der Waals surface area contributed by atoms with E-state index in [4.69, 9.17) is 17.3 Å². The first kappa shape index (κ1) is 10.1. The Kier molecular flexibility index (Phi) is 2.19. The number of nitrogens with zero attached hydrogens (tertiary/aromatic N) is 1. The molecule has 1 aromatic rings. The smallest absolute Gasteiger partial charge is 0.224 e. The summed E-state index contributed by atoms with van der Waals surface area (Å²) in [5, 5.41) is 0.734. The third kappa shape index (κ3) is 1.28. The van der Waals surface area contributed by atoms with Crippen LogP contribution in [0.15, 0.2) is 18.2 Å². The van der Waals surface area contributed by atoms with Gasteiger partial charge in [0.2, 0.25) is 5.91 Å². The summed E-state index contributed by atoms with van der Waals surface area (Å²) in [6.07, 6.45) is 1.32. The van der Waals surface area contributed by atoms with Crippen LogP contribution in [0.5, 0.6) is 0 Å². The molecule has 0 bridgehead atoms. The molecule has 1 aromatic carbocycles. The molecular formula is C12H13ClN2O. The lowest BCUT2D eigenvalue weighted by Crippen LogP contribution is -2.38. The van der Waals surface area contributed by atoms with Crippen molar-refractivity contribution in [3.63, 3.8) is 0 Å². The van der Waals surface area contributed by atoms with Crippen molar-refractivity contribution < 1.29 is 4.79 Å². The van der Waals surface area contributed by atoms with Crippen LogP contribution in [0.3, 0.4) is 0 Å². The minimum Gasteiger partial charge on any atom is -0.334 e. The molecule has 0 spiro atoms. The fourth-order valence-electron chi connectivity index (χ4n) is 2.82. The fraction of sp³-hybridized carbons (Fsp3) is 0.417. The van der Waals surface area contributed by atoms with Gasteiger partial charge < -0.3 is 10.6 Å². The summed E-state index contributed by atoms with van der Waals surface area (Å²) in [4.78, 5) is 13.6. The van der Waals surface area contributed by atoms with Crippen LogP contribution in [0.4, 0.5) is 0 Å². The largest absolute Gasteiger partial charge is 0.334 e. The van der Waals surface area contributed by atoms with Crippen LogP contribution in [0.2, 0.25) is 5.02 Å². The van der Waals surface area contributed by atoms with E-state index in [2.05, 4.69) is 6.07 Å². The zero-order valence-electron chi connectivity index (χ0n) is 8.82. The molecule has 0 radical (unpaired) electrons. The number of hydrogen-bond acceptors (Lipinski definition) is 2. The second-order valence-corrected chi connectivity index (χ2v) is 4.87. The Hall–Kier alpha value is -1.06. The number of carbonyl (C=O) groups excluding carboxylic acids is 1. The van der Waals surface area contributed by atoms with E-state index in [1.807, 2.05) is 17.0 Å². The molecule has 3 rings (SSSR count). The Morgan fingerprint density at radius 2 is 2.25 bits per heavy atom. The highest BCUT2D eigenvalue weighted by molar-refractivity contribution is 6.31. The van der Waals surface area contributed by atoms with Gasteiger partial charge in [-0.25, -0.2) is 0 Å².